The maximum atomic E-state index is 13.7. The standard InChI is InChI=1S/C18H21FN2O/c1-14(17-7-2-3-10-20-17)21-18(8-11-22-12-9-18)15-5-4-6-16(19)13-15/h2-7,10,13-14,21H,8-9,11-12H2,1H3. The molecule has 1 aliphatic heterocycles. The van der Waals surface area contributed by atoms with Crippen molar-refractivity contribution in [3.63, 3.8) is 0 Å². The number of pyridine rings is 1. The second-order valence-electron chi connectivity index (χ2n) is 5.83. The van der Waals surface area contributed by atoms with Crippen LogP contribution in [-0.2, 0) is 10.3 Å². The lowest BCUT2D eigenvalue weighted by Crippen LogP contribution is -2.47. The Morgan fingerprint density at radius 1 is 1.18 bits per heavy atom. The van der Waals surface area contributed by atoms with Gasteiger partial charge >= 0.3 is 0 Å². The highest BCUT2D eigenvalue weighted by atomic mass is 19.1. The van der Waals surface area contributed by atoms with E-state index in [4.69, 9.17) is 4.74 Å². The molecule has 1 atom stereocenters. The van der Waals surface area contributed by atoms with E-state index in [2.05, 4.69) is 17.2 Å². The zero-order chi connectivity index (χ0) is 15.4. The Kier molecular flexibility index (Phi) is 4.50. The predicted molar refractivity (Wildman–Crippen MR) is 83.9 cm³/mol. The van der Waals surface area contributed by atoms with E-state index in [0.29, 0.717) is 13.2 Å². The lowest BCUT2D eigenvalue weighted by molar-refractivity contribution is 0.0318. The third-order valence-electron chi connectivity index (χ3n) is 4.35. The topological polar surface area (TPSA) is 34.1 Å². The van der Waals surface area contributed by atoms with E-state index in [-0.39, 0.29) is 17.4 Å². The van der Waals surface area contributed by atoms with Crippen molar-refractivity contribution < 1.29 is 9.13 Å². The molecule has 22 heavy (non-hydrogen) atoms. The lowest BCUT2D eigenvalue weighted by atomic mass is 9.81. The van der Waals surface area contributed by atoms with E-state index in [1.807, 2.05) is 24.3 Å². The fraction of sp³-hybridized carbons (Fsp3) is 0.389. The van der Waals surface area contributed by atoms with Crippen molar-refractivity contribution in [3.05, 3.63) is 65.7 Å². The summed E-state index contributed by atoms with van der Waals surface area (Å²) in [5, 5.41) is 3.68. The monoisotopic (exact) mass is 300 g/mol. The van der Waals surface area contributed by atoms with Crippen molar-refractivity contribution in [1.82, 2.24) is 10.3 Å². The summed E-state index contributed by atoms with van der Waals surface area (Å²) in [4.78, 5) is 4.42. The second-order valence-corrected chi connectivity index (χ2v) is 5.83. The number of aromatic nitrogens is 1. The molecule has 1 aromatic carbocycles. The van der Waals surface area contributed by atoms with Crippen LogP contribution in [0.4, 0.5) is 4.39 Å². The third-order valence-corrected chi connectivity index (χ3v) is 4.35. The summed E-state index contributed by atoms with van der Waals surface area (Å²) in [6, 6.07) is 12.9. The molecule has 0 amide bonds. The number of ether oxygens (including phenoxy) is 1. The molecule has 2 aromatic rings. The van der Waals surface area contributed by atoms with Crippen molar-refractivity contribution in [2.45, 2.75) is 31.3 Å². The molecule has 3 rings (SSSR count). The molecule has 0 bridgehead atoms. The summed E-state index contributed by atoms with van der Waals surface area (Å²) < 4.78 is 19.2. The van der Waals surface area contributed by atoms with Gasteiger partial charge in [-0.3, -0.25) is 10.3 Å². The summed E-state index contributed by atoms with van der Waals surface area (Å²) in [7, 11) is 0. The van der Waals surface area contributed by atoms with E-state index in [1.165, 1.54) is 6.07 Å². The molecule has 1 unspecified atom stereocenters. The van der Waals surface area contributed by atoms with Gasteiger partial charge in [0.25, 0.3) is 0 Å². The summed E-state index contributed by atoms with van der Waals surface area (Å²) in [6.07, 6.45) is 3.45. The maximum Gasteiger partial charge on any atom is 0.123 e. The first-order chi connectivity index (χ1) is 10.7. The largest absolute Gasteiger partial charge is 0.381 e. The second kappa shape index (κ2) is 6.55. The van der Waals surface area contributed by atoms with Crippen LogP contribution >= 0.6 is 0 Å². The molecular weight excluding hydrogens is 279 g/mol. The number of halogens is 1. The molecule has 2 heterocycles. The quantitative estimate of drug-likeness (QED) is 0.937. The summed E-state index contributed by atoms with van der Waals surface area (Å²) in [6.45, 7) is 3.45. The molecule has 1 fully saturated rings. The van der Waals surface area contributed by atoms with E-state index >= 15 is 0 Å². The molecule has 1 aliphatic rings. The van der Waals surface area contributed by atoms with Gasteiger partial charge in [-0.15, -0.1) is 0 Å². The van der Waals surface area contributed by atoms with Crippen LogP contribution in [0.5, 0.6) is 0 Å². The molecule has 1 saturated heterocycles. The van der Waals surface area contributed by atoms with Crippen LogP contribution in [0.2, 0.25) is 0 Å². The molecule has 0 saturated carbocycles. The number of hydrogen-bond donors (Lipinski definition) is 1. The Morgan fingerprint density at radius 3 is 2.68 bits per heavy atom. The van der Waals surface area contributed by atoms with Crippen molar-refractivity contribution in [2.75, 3.05) is 13.2 Å². The molecule has 3 nitrogen and oxygen atoms in total. The van der Waals surface area contributed by atoms with Gasteiger partial charge in [-0.2, -0.15) is 0 Å². The van der Waals surface area contributed by atoms with Crippen molar-refractivity contribution in [3.8, 4) is 0 Å². The molecule has 1 aromatic heterocycles. The number of nitrogens with zero attached hydrogens (tertiary/aromatic N) is 1. The Bertz CT molecular complexity index is 611. The summed E-state index contributed by atoms with van der Waals surface area (Å²) >= 11 is 0. The Morgan fingerprint density at radius 2 is 2.00 bits per heavy atom. The first kappa shape index (κ1) is 15.1. The molecule has 0 aliphatic carbocycles. The van der Waals surface area contributed by atoms with Crippen molar-refractivity contribution in [2.24, 2.45) is 0 Å². The normalized spacial score (nSPS) is 18.8. The van der Waals surface area contributed by atoms with Crippen LogP contribution in [0.3, 0.4) is 0 Å². The number of rotatable bonds is 4. The zero-order valence-corrected chi connectivity index (χ0v) is 12.8. The van der Waals surface area contributed by atoms with Gasteiger partial charge in [0.05, 0.1) is 5.69 Å². The highest BCUT2D eigenvalue weighted by Gasteiger charge is 2.36. The van der Waals surface area contributed by atoms with Crippen LogP contribution in [-0.4, -0.2) is 18.2 Å². The Balaban J connectivity index is 1.89. The smallest absolute Gasteiger partial charge is 0.123 e. The van der Waals surface area contributed by atoms with Gasteiger partial charge in [-0.05, 0) is 49.6 Å². The average molecular weight is 300 g/mol. The maximum absolute atomic E-state index is 13.7. The first-order valence-corrected chi connectivity index (χ1v) is 7.72. The van der Waals surface area contributed by atoms with Gasteiger partial charge in [0, 0.05) is 31.0 Å². The van der Waals surface area contributed by atoms with Crippen LogP contribution in [0.15, 0.2) is 48.7 Å². The van der Waals surface area contributed by atoms with E-state index in [0.717, 1.165) is 24.1 Å². The fourth-order valence-electron chi connectivity index (χ4n) is 3.14. The van der Waals surface area contributed by atoms with Crippen molar-refractivity contribution >= 4 is 0 Å². The van der Waals surface area contributed by atoms with Crippen LogP contribution in [0, 0.1) is 5.82 Å². The minimum Gasteiger partial charge on any atom is -0.381 e. The van der Waals surface area contributed by atoms with E-state index < -0.39 is 0 Å². The van der Waals surface area contributed by atoms with E-state index in [9.17, 15) is 4.39 Å². The zero-order valence-electron chi connectivity index (χ0n) is 12.8. The number of nitrogens with one attached hydrogen (secondary N) is 1. The van der Waals surface area contributed by atoms with Gasteiger partial charge in [-0.25, -0.2) is 4.39 Å². The minimum atomic E-state index is -0.267. The fourth-order valence-corrected chi connectivity index (χ4v) is 3.14. The molecule has 4 heteroatoms. The highest BCUT2D eigenvalue weighted by Crippen LogP contribution is 2.34. The molecule has 0 radical (unpaired) electrons. The van der Waals surface area contributed by atoms with Gasteiger partial charge in [0.15, 0.2) is 0 Å². The highest BCUT2D eigenvalue weighted by molar-refractivity contribution is 5.27. The lowest BCUT2D eigenvalue weighted by Gasteiger charge is -2.40. The van der Waals surface area contributed by atoms with Gasteiger partial charge in [0.2, 0.25) is 0 Å². The Hall–Kier alpha value is -1.78. The van der Waals surface area contributed by atoms with E-state index in [1.54, 1.807) is 18.3 Å². The van der Waals surface area contributed by atoms with Gasteiger partial charge in [-0.1, -0.05) is 18.2 Å². The predicted octanol–water partition coefficient (Wildman–Crippen LogP) is 3.58. The number of hydrogen-bond acceptors (Lipinski definition) is 3. The van der Waals surface area contributed by atoms with Gasteiger partial charge in [0.1, 0.15) is 5.82 Å². The molecular formula is C18H21FN2O. The van der Waals surface area contributed by atoms with Crippen LogP contribution in [0.25, 0.3) is 0 Å². The average Bonchev–Trinajstić information content (AvgIpc) is 2.56. The number of benzene rings is 1. The summed E-state index contributed by atoms with van der Waals surface area (Å²) in [5.41, 5.74) is 1.71. The third kappa shape index (κ3) is 3.18. The van der Waals surface area contributed by atoms with Crippen LogP contribution < -0.4 is 5.32 Å². The SMILES string of the molecule is CC(NC1(c2cccc(F)c2)CCOCC1)c1ccccn1. The van der Waals surface area contributed by atoms with Crippen LogP contribution in [0.1, 0.15) is 37.1 Å². The van der Waals surface area contributed by atoms with Gasteiger partial charge < -0.3 is 4.74 Å². The molecule has 0 spiro atoms. The minimum absolute atomic E-state index is 0.0857. The molecule has 1 N–H and O–H groups in total. The first-order valence-electron chi connectivity index (χ1n) is 7.72. The summed E-state index contributed by atoms with van der Waals surface area (Å²) in [5.74, 6) is -0.198. The van der Waals surface area contributed by atoms with Crippen molar-refractivity contribution in [1.29, 1.82) is 0 Å². The Labute approximate surface area is 130 Å². The molecule has 116 valence electrons.